The molecule has 2 aromatic rings. The maximum Gasteiger partial charge on any atom is 0.409 e. The Morgan fingerprint density at radius 1 is 1.12 bits per heavy atom. The van der Waals surface area contributed by atoms with Crippen molar-refractivity contribution in [1.82, 2.24) is 9.88 Å². The van der Waals surface area contributed by atoms with E-state index in [-0.39, 0.29) is 29.5 Å². The Bertz CT molecular complexity index is 1150. The third-order valence-corrected chi connectivity index (χ3v) is 6.74. The molecule has 1 atom stereocenters. The summed E-state index contributed by atoms with van der Waals surface area (Å²) in [7, 11) is 0. The minimum absolute atomic E-state index is 0.0919. The van der Waals surface area contributed by atoms with Crippen molar-refractivity contribution in [2.24, 2.45) is 5.92 Å². The number of carbonyl (C=O) groups excluding carboxylic acids is 3. The van der Waals surface area contributed by atoms with E-state index in [0.29, 0.717) is 41.4 Å². The molecule has 6 nitrogen and oxygen atoms in total. The molecule has 1 aromatic heterocycles. The lowest BCUT2D eigenvalue weighted by Gasteiger charge is -2.36. The molecule has 2 aliphatic rings. The van der Waals surface area contributed by atoms with Gasteiger partial charge in [0.2, 0.25) is 0 Å². The van der Waals surface area contributed by atoms with E-state index in [0.717, 1.165) is 29.7 Å². The van der Waals surface area contributed by atoms with Crippen molar-refractivity contribution in [3.8, 4) is 0 Å². The molecule has 1 fully saturated rings. The zero-order chi connectivity index (χ0) is 23.7. The minimum Gasteiger partial charge on any atom is -0.450 e. The first-order chi connectivity index (χ1) is 15.8. The van der Waals surface area contributed by atoms with Crippen molar-refractivity contribution in [3.05, 3.63) is 63.4 Å². The van der Waals surface area contributed by atoms with Gasteiger partial charge < -0.3 is 9.64 Å². The van der Waals surface area contributed by atoms with Crippen LogP contribution in [0.25, 0.3) is 11.6 Å². The Labute approximate surface area is 198 Å². The molecule has 172 valence electrons. The maximum atomic E-state index is 12.7. The minimum atomic E-state index is -0.283. The number of aromatic nitrogens is 1. The number of benzene rings is 1. The first-order valence-corrected chi connectivity index (χ1v) is 11.6. The molecule has 33 heavy (non-hydrogen) atoms. The van der Waals surface area contributed by atoms with Gasteiger partial charge in [-0.2, -0.15) is 0 Å². The van der Waals surface area contributed by atoms with Gasteiger partial charge in [0, 0.05) is 46.9 Å². The average molecular weight is 467 g/mol. The number of fused-ring (bicyclic) bond motifs is 2. The summed E-state index contributed by atoms with van der Waals surface area (Å²) in [6.07, 6.45) is 4.73. The summed E-state index contributed by atoms with van der Waals surface area (Å²) >= 11 is 6.32. The number of ketones is 2. The number of nitrogens with zero attached hydrogens (tertiary/aromatic N) is 2. The number of piperidine rings is 1. The van der Waals surface area contributed by atoms with Crippen molar-refractivity contribution in [2.45, 2.75) is 39.5 Å². The topological polar surface area (TPSA) is 76.6 Å². The van der Waals surface area contributed by atoms with Gasteiger partial charge in [-0.25, -0.2) is 4.79 Å². The number of hydrogen-bond acceptors (Lipinski definition) is 5. The van der Waals surface area contributed by atoms with E-state index in [4.69, 9.17) is 21.3 Å². The van der Waals surface area contributed by atoms with Crippen LogP contribution < -0.4 is 0 Å². The number of likely N-dealkylation sites (tertiary alicyclic amines) is 1. The molecule has 1 aliphatic carbocycles. The van der Waals surface area contributed by atoms with E-state index < -0.39 is 0 Å². The molecular formula is C26H27ClN2O4. The summed E-state index contributed by atoms with van der Waals surface area (Å²) < 4.78 is 5.17. The van der Waals surface area contributed by atoms with Gasteiger partial charge in [-0.1, -0.05) is 17.7 Å². The Hall–Kier alpha value is -2.99. The molecule has 1 aromatic carbocycles. The summed E-state index contributed by atoms with van der Waals surface area (Å²) in [4.78, 5) is 43.4. The van der Waals surface area contributed by atoms with Crippen LogP contribution in [0.2, 0.25) is 5.02 Å². The molecule has 7 heteroatoms. The van der Waals surface area contributed by atoms with Gasteiger partial charge in [-0.3, -0.25) is 14.6 Å². The first-order valence-electron chi connectivity index (χ1n) is 11.2. The van der Waals surface area contributed by atoms with Crippen LogP contribution in [0.15, 0.2) is 30.5 Å². The van der Waals surface area contributed by atoms with Crippen LogP contribution in [-0.2, 0) is 9.53 Å². The molecular weight excluding hydrogens is 440 g/mol. The number of amides is 1. The van der Waals surface area contributed by atoms with Gasteiger partial charge in [0.15, 0.2) is 11.6 Å². The maximum absolute atomic E-state index is 12.7. The fourth-order valence-corrected chi connectivity index (χ4v) is 5.04. The van der Waals surface area contributed by atoms with Gasteiger partial charge in [0.05, 0.1) is 12.3 Å². The van der Waals surface area contributed by atoms with Gasteiger partial charge >= 0.3 is 6.09 Å². The molecule has 0 bridgehead atoms. The Morgan fingerprint density at radius 3 is 2.48 bits per heavy atom. The van der Waals surface area contributed by atoms with Gasteiger partial charge in [0.1, 0.15) is 0 Å². The summed E-state index contributed by atoms with van der Waals surface area (Å²) in [6, 6.07) is 7.52. The molecule has 0 saturated carbocycles. The first kappa shape index (κ1) is 23.2. The second kappa shape index (κ2) is 9.48. The molecule has 1 amide bonds. The van der Waals surface area contributed by atoms with Crippen LogP contribution in [0.4, 0.5) is 4.79 Å². The monoisotopic (exact) mass is 466 g/mol. The lowest BCUT2D eigenvalue weighted by Crippen LogP contribution is -2.40. The van der Waals surface area contributed by atoms with Gasteiger partial charge in [-0.05, 0) is 74.9 Å². The SMILES string of the molecule is CCOC(=O)N1CCC(C2c3ccc(Cl)cc3C=C(C(C)=O)c3cc(C(C)=O)cnc32)CC1. The highest BCUT2D eigenvalue weighted by molar-refractivity contribution is 6.31. The lowest BCUT2D eigenvalue weighted by molar-refractivity contribution is -0.111. The average Bonchev–Trinajstić information content (AvgIpc) is 2.93. The number of carbonyl (C=O) groups is 3. The fraction of sp³-hybridized carbons (Fsp3) is 0.385. The quantitative estimate of drug-likeness (QED) is 0.565. The molecule has 1 aliphatic heterocycles. The molecule has 2 heterocycles. The largest absolute Gasteiger partial charge is 0.450 e. The second-order valence-electron chi connectivity index (χ2n) is 8.60. The Balaban J connectivity index is 1.82. The number of allylic oxidation sites excluding steroid dienone is 1. The van der Waals surface area contributed by atoms with Gasteiger partial charge in [0.25, 0.3) is 0 Å². The number of ether oxygens (including phenoxy) is 1. The highest BCUT2D eigenvalue weighted by Crippen LogP contribution is 2.45. The standard InChI is InChI=1S/C26H27ClN2O4/c1-4-33-26(32)29-9-7-17(8-10-29)24-21-6-5-20(27)11-18(21)12-22(16(3)31)23-13-19(15(2)30)14-28-25(23)24/h5-6,11-14,17,24H,4,7-10H2,1-3H3. The van der Waals surface area contributed by atoms with Crippen molar-refractivity contribution in [2.75, 3.05) is 19.7 Å². The summed E-state index contributed by atoms with van der Waals surface area (Å²) in [5, 5.41) is 0.590. The summed E-state index contributed by atoms with van der Waals surface area (Å²) in [5.41, 5.74) is 4.41. The van der Waals surface area contributed by atoms with Crippen molar-refractivity contribution in [1.29, 1.82) is 0 Å². The van der Waals surface area contributed by atoms with Crippen LogP contribution in [0, 0.1) is 5.92 Å². The van der Waals surface area contributed by atoms with E-state index in [9.17, 15) is 14.4 Å². The van der Waals surface area contributed by atoms with E-state index in [1.54, 1.807) is 24.1 Å². The molecule has 4 rings (SSSR count). The van der Waals surface area contributed by atoms with Crippen LogP contribution in [0.3, 0.4) is 0 Å². The van der Waals surface area contributed by atoms with Crippen LogP contribution in [0.1, 0.15) is 72.3 Å². The third kappa shape index (κ3) is 4.58. The van der Waals surface area contributed by atoms with E-state index in [1.165, 1.54) is 13.8 Å². The molecule has 0 spiro atoms. The number of pyridine rings is 1. The Kier molecular flexibility index (Phi) is 6.66. The highest BCUT2D eigenvalue weighted by atomic mass is 35.5. The van der Waals surface area contributed by atoms with Gasteiger partial charge in [-0.15, -0.1) is 0 Å². The fourth-order valence-electron chi connectivity index (χ4n) is 4.86. The van der Waals surface area contributed by atoms with Crippen LogP contribution >= 0.6 is 11.6 Å². The van der Waals surface area contributed by atoms with Crippen molar-refractivity contribution >= 4 is 40.9 Å². The second-order valence-corrected chi connectivity index (χ2v) is 9.04. The Morgan fingerprint density at radius 2 is 1.85 bits per heavy atom. The molecule has 1 saturated heterocycles. The lowest BCUT2D eigenvalue weighted by atomic mass is 9.76. The smallest absolute Gasteiger partial charge is 0.409 e. The molecule has 0 N–H and O–H groups in total. The molecule has 1 unspecified atom stereocenters. The predicted octanol–water partition coefficient (Wildman–Crippen LogP) is 5.38. The third-order valence-electron chi connectivity index (χ3n) is 6.51. The predicted molar refractivity (Wildman–Crippen MR) is 127 cm³/mol. The normalized spacial score (nSPS) is 18.0. The van der Waals surface area contributed by atoms with Crippen LogP contribution in [0.5, 0.6) is 0 Å². The zero-order valence-electron chi connectivity index (χ0n) is 19.1. The van der Waals surface area contributed by atoms with E-state index in [2.05, 4.69) is 0 Å². The number of Topliss-reactive ketones (excluding diaryl/α,β-unsaturated/α-hetero) is 2. The summed E-state index contributed by atoms with van der Waals surface area (Å²) in [6.45, 7) is 6.36. The number of hydrogen-bond donors (Lipinski definition) is 0. The number of halogens is 1. The van der Waals surface area contributed by atoms with Crippen molar-refractivity contribution in [3.63, 3.8) is 0 Å². The van der Waals surface area contributed by atoms with Crippen LogP contribution in [-0.4, -0.2) is 47.2 Å². The highest BCUT2D eigenvalue weighted by Gasteiger charge is 2.36. The zero-order valence-corrected chi connectivity index (χ0v) is 19.8. The molecule has 0 radical (unpaired) electrons. The number of rotatable bonds is 4. The van der Waals surface area contributed by atoms with E-state index >= 15 is 0 Å². The van der Waals surface area contributed by atoms with Crippen molar-refractivity contribution < 1.29 is 19.1 Å². The summed E-state index contributed by atoms with van der Waals surface area (Å²) in [5.74, 6) is -0.0878. The van der Waals surface area contributed by atoms with E-state index in [1.807, 2.05) is 24.3 Å².